The molecular formula is C16H25NO. The van der Waals surface area contributed by atoms with Crippen LogP contribution in [0.25, 0.3) is 0 Å². The number of nitrogens with two attached hydrogens (primary N) is 1. The van der Waals surface area contributed by atoms with E-state index < -0.39 is 0 Å². The molecule has 2 unspecified atom stereocenters. The van der Waals surface area contributed by atoms with E-state index in [1.54, 1.807) is 0 Å². The van der Waals surface area contributed by atoms with Crippen LogP contribution in [-0.2, 0) is 5.54 Å². The van der Waals surface area contributed by atoms with Crippen LogP contribution in [0.4, 0.5) is 0 Å². The van der Waals surface area contributed by atoms with E-state index in [0.29, 0.717) is 5.92 Å². The molecular weight excluding hydrogens is 222 g/mol. The van der Waals surface area contributed by atoms with Crippen LogP contribution < -0.4 is 10.5 Å². The maximum Gasteiger partial charge on any atom is 0.124 e. The smallest absolute Gasteiger partial charge is 0.124 e. The molecule has 1 aliphatic rings. The van der Waals surface area contributed by atoms with Gasteiger partial charge in [-0.05, 0) is 38.7 Å². The molecule has 0 heterocycles. The highest BCUT2D eigenvalue weighted by Gasteiger charge is 2.37. The summed E-state index contributed by atoms with van der Waals surface area (Å²) in [5.74, 6) is 1.48. The van der Waals surface area contributed by atoms with Crippen LogP contribution in [0.15, 0.2) is 24.3 Å². The molecule has 1 aliphatic carbocycles. The molecule has 0 radical (unpaired) electrons. The molecule has 0 spiro atoms. The Balaban J connectivity index is 2.36. The largest absolute Gasteiger partial charge is 0.491 e. The zero-order valence-corrected chi connectivity index (χ0v) is 11.8. The van der Waals surface area contributed by atoms with E-state index >= 15 is 0 Å². The number of hydrogen-bond donors (Lipinski definition) is 1. The quantitative estimate of drug-likeness (QED) is 0.880. The monoisotopic (exact) mass is 247 g/mol. The molecule has 0 bridgehead atoms. The Morgan fingerprint density at radius 3 is 2.67 bits per heavy atom. The minimum atomic E-state index is -0.219. The van der Waals surface area contributed by atoms with Gasteiger partial charge in [0.1, 0.15) is 5.75 Å². The molecule has 18 heavy (non-hydrogen) atoms. The van der Waals surface area contributed by atoms with Gasteiger partial charge in [-0.15, -0.1) is 0 Å². The van der Waals surface area contributed by atoms with Gasteiger partial charge in [-0.2, -0.15) is 0 Å². The zero-order chi connectivity index (χ0) is 13.2. The second-order valence-corrected chi connectivity index (χ2v) is 5.85. The zero-order valence-electron chi connectivity index (χ0n) is 11.8. The third-order valence-electron chi connectivity index (χ3n) is 4.11. The summed E-state index contributed by atoms with van der Waals surface area (Å²) in [6.45, 7) is 6.39. The fourth-order valence-corrected chi connectivity index (χ4v) is 2.98. The maximum atomic E-state index is 6.72. The minimum absolute atomic E-state index is 0.189. The van der Waals surface area contributed by atoms with Gasteiger partial charge in [-0.25, -0.2) is 0 Å². The average molecular weight is 247 g/mol. The Bertz CT molecular complexity index is 402. The molecule has 2 atom stereocenters. The Labute approximate surface area is 111 Å². The van der Waals surface area contributed by atoms with E-state index in [2.05, 4.69) is 32.9 Å². The van der Waals surface area contributed by atoms with Crippen molar-refractivity contribution >= 4 is 0 Å². The average Bonchev–Trinajstić information content (AvgIpc) is 2.33. The van der Waals surface area contributed by atoms with Crippen LogP contribution >= 0.6 is 0 Å². The first kappa shape index (κ1) is 13.4. The molecule has 0 aromatic heterocycles. The topological polar surface area (TPSA) is 35.2 Å². The highest BCUT2D eigenvalue weighted by Crippen LogP contribution is 2.42. The molecule has 2 rings (SSSR count). The van der Waals surface area contributed by atoms with Crippen molar-refractivity contribution in [1.82, 2.24) is 0 Å². The first-order chi connectivity index (χ1) is 8.54. The van der Waals surface area contributed by atoms with Crippen molar-refractivity contribution in [2.24, 2.45) is 11.7 Å². The number of ether oxygens (including phenoxy) is 1. The van der Waals surface area contributed by atoms with Crippen molar-refractivity contribution in [3.8, 4) is 5.75 Å². The van der Waals surface area contributed by atoms with Crippen LogP contribution in [0.5, 0.6) is 5.75 Å². The number of para-hydroxylation sites is 1. The van der Waals surface area contributed by atoms with Crippen LogP contribution in [0.3, 0.4) is 0 Å². The SMILES string of the molecule is CC(C)Oc1ccccc1C1(N)CCCCC1C. The third kappa shape index (κ3) is 2.54. The van der Waals surface area contributed by atoms with E-state index in [1.807, 2.05) is 12.1 Å². The van der Waals surface area contributed by atoms with Gasteiger partial charge >= 0.3 is 0 Å². The predicted octanol–water partition coefficient (Wildman–Crippen LogP) is 3.84. The number of rotatable bonds is 3. The Morgan fingerprint density at radius 1 is 1.28 bits per heavy atom. The molecule has 1 fully saturated rings. The molecule has 1 aromatic rings. The molecule has 1 aromatic carbocycles. The van der Waals surface area contributed by atoms with Crippen LogP contribution in [0, 0.1) is 5.92 Å². The summed E-state index contributed by atoms with van der Waals surface area (Å²) in [4.78, 5) is 0. The molecule has 1 saturated carbocycles. The summed E-state index contributed by atoms with van der Waals surface area (Å²) in [7, 11) is 0. The summed E-state index contributed by atoms with van der Waals surface area (Å²) in [6.07, 6.45) is 4.98. The van der Waals surface area contributed by atoms with Crippen molar-refractivity contribution in [1.29, 1.82) is 0 Å². The van der Waals surface area contributed by atoms with E-state index in [-0.39, 0.29) is 11.6 Å². The molecule has 0 amide bonds. The predicted molar refractivity (Wildman–Crippen MR) is 75.7 cm³/mol. The molecule has 2 nitrogen and oxygen atoms in total. The highest BCUT2D eigenvalue weighted by atomic mass is 16.5. The second kappa shape index (κ2) is 5.31. The summed E-state index contributed by atoms with van der Waals surface area (Å²) in [5.41, 5.74) is 7.69. The number of benzene rings is 1. The van der Waals surface area contributed by atoms with Crippen LogP contribution in [0.2, 0.25) is 0 Å². The van der Waals surface area contributed by atoms with Crippen LogP contribution in [0.1, 0.15) is 52.0 Å². The van der Waals surface area contributed by atoms with E-state index in [9.17, 15) is 0 Å². The molecule has 2 heteroatoms. The van der Waals surface area contributed by atoms with E-state index in [0.717, 1.165) is 12.2 Å². The fraction of sp³-hybridized carbons (Fsp3) is 0.625. The lowest BCUT2D eigenvalue weighted by Crippen LogP contribution is -2.45. The summed E-state index contributed by atoms with van der Waals surface area (Å²) >= 11 is 0. The molecule has 2 N–H and O–H groups in total. The van der Waals surface area contributed by atoms with Gasteiger partial charge in [0, 0.05) is 11.1 Å². The highest BCUT2D eigenvalue weighted by molar-refractivity contribution is 5.40. The Morgan fingerprint density at radius 2 is 2.00 bits per heavy atom. The lowest BCUT2D eigenvalue weighted by atomic mass is 9.70. The van der Waals surface area contributed by atoms with Gasteiger partial charge in [0.25, 0.3) is 0 Å². The van der Waals surface area contributed by atoms with Crippen LogP contribution in [-0.4, -0.2) is 6.10 Å². The van der Waals surface area contributed by atoms with Crippen molar-refractivity contribution < 1.29 is 4.74 Å². The number of hydrogen-bond acceptors (Lipinski definition) is 2. The molecule has 0 saturated heterocycles. The summed E-state index contributed by atoms with van der Waals surface area (Å²) < 4.78 is 5.93. The second-order valence-electron chi connectivity index (χ2n) is 5.85. The van der Waals surface area contributed by atoms with Gasteiger partial charge in [0.15, 0.2) is 0 Å². The van der Waals surface area contributed by atoms with Crippen molar-refractivity contribution in [2.75, 3.05) is 0 Å². The maximum absolute atomic E-state index is 6.72. The summed E-state index contributed by atoms with van der Waals surface area (Å²) in [5, 5.41) is 0. The normalized spacial score (nSPS) is 28.4. The standard InChI is InChI=1S/C16H25NO/c1-12(2)18-15-10-5-4-9-14(15)16(17)11-7-6-8-13(16)3/h4-5,9-10,12-13H,6-8,11,17H2,1-3H3. The molecule has 0 aliphatic heterocycles. The minimum Gasteiger partial charge on any atom is -0.491 e. The van der Waals surface area contributed by atoms with Gasteiger partial charge < -0.3 is 10.5 Å². The Hall–Kier alpha value is -1.02. The lowest BCUT2D eigenvalue weighted by molar-refractivity contribution is 0.187. The fourth-order valence-electron chi connectivity index (χ4n) is 2.98. The first-order valence-electron chi connectivity index (χ1n) is 7.09. The van der Waals surface area contributed by atoms with Gasteiger partial charge in [-0.1, -0.05) is 38.0 Å². The van der Waals surface area contributed by atoms with E-state index in [4.69, 9.17) is 10.5 Å². The lowest BCUT2D eigenvalue weighted by Gasteiger charge is -2.40. The van der Waals surface area contributed by atoms with Crippen molar-refractivity contribution in [2.45, 2.75) is 58.1 Å². The van der Waals surface area contributed by atoms with Crippen molar-refractivity contribution in [3.63, 3.8) is 0 Å². The Kier molecular flexibility index (Phi) is 3.96. The van der Waals surface area contributed by atoms with E-state index in [1.165, 1.54) is 24.8 Å². The summed E-state index contributed by atoms with van der Waals surface area (Å²) in [6, 6.07) is 8.28. The van der Waals surface area contributed by atoms with Gasteiger partial charge in [0.2, 0.25) is 0 Å². The van der Waals surface area contributed by atoms with Gasteiger partial charge in [-0.3, -0.25) is 0 Å². The molecule has 100 valence electrons. The van der Waals surface area contributed by atoms with Crippen molar-refractivity contribution in [3.05, 3.63) is 29.8 Å². The van der Waals surface area contributed by atoms with Gasteiger partial charge in [0.05, 0.1) is 6.10 Å². The first-order valence-corrected chi connectivity index (χ1v) is 7.09. The third-order valence-corrected chi connectivity index (χ3v) is 4.11.